The molecule has 0 saturated heterocycles. The van der Waals surface area contributed by atoms with Crippen LogP contribution in [0.3, 0.4) is 0 Å². The van der Waals surface area contributed by atoms with Gasteiger partial charge in [-0.1, -0.05) is 0 Å². The fraction of sp³-hybridized carbons (Fsp3) is 0.286. The van der Waals surface area contributed by atoms with Crippen molar-refractivity contribution in [1.82, 2.24) is 39.0 Å². The fourth-order valence-electron chi connectivity index (χ4n) is 2.74. The summed E-state index contributed by atoms with van der Waals surface area (Å²) in [6.45, 7) is 1.60. The second-order valence-electron chi connectivity index (χ2n) is 5.27. The van der Waals surface area contributed by atoms with Gasteiger partial charge in [0.2, 0.25) is 0 Å². The van der Waals surface area contributed by atoms with E-state index in [-0.39, 0.29) is 0 Å². The zero-order chi connectivity index (χ0) is 15.9. The van der Waals surface area contributed by atoms with E-state index in [1.807, 2.05) is 12.7 Å². The molecule has 0 fully saturated rings. The van der Waals surface area contributed by atoms with Crippen molar-refractivity contribution in [3.63, 3.8) is 0 Å². The van der Waals surface area contributed by atoms with Crippen molar-refractivity contribution in [3.05, 3.63) is 25.3 Å². The van der Waals surface area contributed by atoms with Gasteiger partial charge in [0, 0.05) is 24.6 Å². The van der Waals surface area contributed by atoms with Crippen molar-refractivity contribution in [2.45, 2.75) is 23.1 Å². The van der Waals surface area contributed by atoms with E-state index < -0.39 is 0 Å². The summed E-state index contributed by atoms with van der Waals surface area (Å²) in [6.07, 6.45) is 6.91. The zero-order valence-corrected chi connectivity index (χ0v) is 14.2. The molecule has 0 saturated carbocycles. The van der Waals surface area contributed by atoms with Crippen LogP contribution in [0.5, 0.6) is 0 Å². The van der Waals surface area contributed by atoms with Crippen LogP contribution in [0.25, 0.3) is 22.3 Å². The Morgan fingerprint density at radius 1 is 0.667 bits per heavy atom. The van der Waals surface area contributed by atoms with Crippen molar-refractivity contribution in [3.8, 4) is 0 Å². The van der Waals surface area contributed by atoms with Gasteiger partial charge in [-0.3, -0.25) is 0 Å². The monoisotopic (exact) mass is 356 g/mol. The summed E-state index contributed by atoms with van der Waals surface area (Å²) < 4.78 is 4.13. The molecular formula is C14H12N8S2. The number of hydrogen-bond acceptors (Lipinski definition) is 8. The predicted molar refractivity (Wildman–Crippen MR) is 92.1 cm³/mol. The number of aryl methyl sites for hydroxylation is 2. The maximum atomic E-state index is 4.51. The number of rotatable bonds is 0. The quantitative estimate of drug-likeness (QED) is 0.441. The molecule has 10 heteroatoms. The van der Waals surface area contributed by atoms with E-state index in [2.05, 4.69) is 39.0 Å². The Balaban J connectivity index is 1.60. The third-order valence-corrected chi connectivity index (χ3v) is 5.80. The van der Waals surface area contributed by atoms with E-state index in [1.54, 1.807) is 36.2 Å². The van der Waals surface area contributed by atoms with Crippen LogP contribution in [0, 0.1) is 0 Å². The first kappa shape index (κ1) is 14.2. The van der Waals surface area contributed by atoms with Crippen molar-refractivity contribution in [1.29, 1.82) is 0 Å². The van der Waals surface area contributed by atoms with Crippen molar-refractivity contribution < 1.29 is 0 Å². The molecule has 1 aliphatic heterocycles. The molecule has 5 rings (SSSR count). The maximum absolute atomic E-state index is 4.51. The Kier molecular flexibility index (Phi) is 3.37. The Labute approximate surface area is 145 Å². The summed E-state index contributed by atoms with van der Waals surface area (Å²) in [7, 11) is 0. The summed E-state index contributed by atoms with van der Waals surface area (Å²) in [4.78, 5) is 26.6. The zero-order valence-electron chi connectivity index (χ0n) is 12.5. The first-order chi connectivity index (χ1) is 11.9. The van der Waals surface area contributed by atoms with Gasteiger partial charge in [0.1, 0.15) is 33.7 Å². The van der Waals surface area contributed by atoms with Gasteiger partial charge in [0.05, 0.1) is 12.7 Å². The average Bonchev–Trinajstić information content (AvgIpc) is 3.20. The standard InChI is InChI=1S/C14H12N8S2/c1-3-23-13-10-12(16-6-17-13)22(8-20-10)2-4-24-14-9-11(15-5-18-14)21(1)7-19-9/h5-8H,1-4H2. The summed E-state index contributed by atoms with van der Waals surface area (Å²) in [6, 6.07) is 0. The molecule has 8 nitrogen and oxygen atoms in total. The van der Waals surface area contributed by atoms with Crippen LogP contribution < -0.4 is 0 Å². The molecule has 0 aliphatic carbocycles. The normalized spacial score (nSPS) is 15.3. The molecule has 5 heterocycles. The van der Waals surface area contributed by atoms with Crippen LogP contribution in [0.4, 0.5) is 0 Å². The van der Waals surface area contributed by atoms with Crippen LogP contribution in [0.2, 0.25) is 0 Å². The van der Waals surface area contributed by atoms with E-state index in [4.69, 9.17) is 0 Å². The van der Waals surface area contributed by atoms with Gasteiger partial charge < -0.3 is 9.13 Å². The van der Waals surface area contributed by atoms with Gasteiger partial charge in [0.25, 0.3) is 0 Å². The van der Waals surface area contributed by atoms with Gasteiger partial charge in [-0.25, -0.2) is 29.9 Å². The molecule has 0 spiro atoms. The first-order valence-corrected chi connectivity index (χ1v) is 9.44. The summed E-state index contributed by atoms with van der Waals surface area (Å²) in [5.41, 5.74) is 3.51. The number of hydrogen-bond donors (Lipinski definition) is 0. The second-order valence-corrected chi connectivity index (χ2v) is 7.44. The van der Waals surface area contributed by atoms with Crippen LogP contribution in [0.15, 0.2) is 35.4 Å². The van der Waals surface area contributed by atoms with E-state index >= 15 is 0 Å². The van der Waals surface area contributed by atoms with Crippen molar-refractivity contribution >= 4 is 45.9 Å². The number of aromatic nitrogens is 8. The summed E-state index contributed by atoms with van der Waals surface area (Å²) in [5.74, 6) is 1.72. The Hall–Kier alpha value is -2.20. The SMILES string of the molecule is c1nc2c3ncn(c3n1)CCSc1ncnc3c1ncn3CCS2. The minimum Gasteiger partial charge on any atom is -0.314 e. The minimum absolute atomic E-state index is 0.800. The third kappa shape index (κ3) is 2.25. The highest BCUT2D eigenvalue weighted by atomic mass is 32.2. The fourth-order valence-corrected chi connectivity index (χ4v) is 4.51. The summed E-state index contributed by atoms with van der Waals surface area (Å²) >= 11 is 3.36. The minimum atomic E-state index is 0.800. The van der Waals surface area contributed by atoms with Crippen molar-refractivity contribution in [2.75, 3.05) is 11.5 Å². The largest absolute Gasteiger partial charge is 0.314 e. The third-order valence-electron chi connectivity index (χ3n) is 3.88. The van der Waals surface area contributed by atoms with E-state index in [9.17, 15) is 0 Å². The van der Waals surface area contributed by atoms with Gasteiger partial charge in [-0.2, -0.15) is 0 Å². The highest BCUT2D eigenvalue weighted by Crippen LogP contribution is 2.27. The van der Waals surface area contributed by atoms with Crippen molar-refractivity contribution in [2.24, 2.45) is 0 Å². The maximum Gasteiger partial charge on any atom is 0.164 e. The Morgan fingerprint density at radius 2 is 1.17 bits per heavy atom. The van der Waals surface area contributed by atoms with Crippen LogP contribution in [-0.4, -0.2) is 50.5 Å². The molecule has 120 valence electrons. The Morgan fingerprint density at radius 3 is 1.67 bits per heavy atom. The highest BCUT2D eigenvalue weighted by Gasteiger charge is 2.14. The van der Waals surface area contributed by atoms with Crippen LogP contribution >= 0.6 is 23.5 Å². The molecule has 0 radical (unpaired) electrons. The molecule has 24 heavy (non-hydrogen) atoms. The van der Waals surface area contributed by atoms with Gasteiger partial charge in [0.15, 0.2) is 11.3 Å². The first-order valence-electron chi connectivity index (χ1n) is 7.47. The molecule has 4 aromatic heterocycles. The number of thioether (sulfide) groups is 2. The second kappa shape index (κ2) is 5.71. The number of imidazole rings is 2. The van der Waals surface area contributed by atoms with Gasteiger partial charge in [-0.05, 0) is 0 Å². The van der Waals surface area contributed by atoms with Gasteiger partial charge >= 0.3 is 0 Å². The lowest BCUT2D eigenvalue weighted by atomic mass is 10.5. The predicted octanol–water partition coefficient (Wildman–Crippen LogP) is 1.86. The topological polar surface area (TPSA) is 87.2 Å². The summed E-state index contributed by atoms with van der Waals surface area (Å²) in [5, 5.41) is 1.84. The smallest absolute Gasteiger partial charge is 0.164 e. The van der Waals surface area contributed by atoms with E-state index in [0.29, 0.717) is 0 Å². The molecule has 0 aromatic carbocycles. The molecule has 8 bridgehead atoms. The molecule has 0 N–H and O–H groups in total. The Bertz CT molecular complexity index is 956. The lowest BCUT2D eigenvalue weighted by Gasteiger charge is -2.07. The lowest BCUT2D eigenvalue weighted by Crippen LogP contribution is -2.03. The van der Waals surface area contributed by atoms with E-state index in [0.717, 1.165) is 57.0 Å². The molecule has 0 amide bonds. The van der Waals surface area contributed by atoms with Crippen LogP contribution in [0.1, 0.15) is 0 Å². The molecule has 4 aromatic rings. The lowest BCUT2D eigenvalue weighted by molar-refractivity contribution is 0.781. The molecule has 1 aliphatic rings. The molecular weight excluding hydrogens is 344 g/mol. The molecule has 0 unspecified atom stereocenters. The van der Waals surface area contributed by atoms with Crippen LogP contribution in [-0.2, 0) is 13.1 Å². The number of nitrogens with zero attached hydrogens (tertiary/aromatic N) is 8. The van der Waals surface area contributed by atoms with E-state index in [1.165, 1.54) is 0 Å². The van der Waals surface area contributed by atoms with Gasteiger partial charge in [-0.15, -0.1) is 23.5 Å². The average molecular weight is 356 g/mol. The molecule has 0 atom stereocenters. The highest BCUT2D eigenvalue weighted by molar-refractivity contribution is 7.99.